The monoisotopic (exact) mass is 468 g/mol. The SMILES string of the molecule is CCOc1ccc(S(=O)(=O)c2nc(-c3ccc(C(C)(C)C)cc3)oc2N2CCCCC2)cc1. The van der Waals surface area contributed by atoms with Crippen LogP contribution >= 0.6 is 0 Å². The number of sulfone groups is 1. The Morgan fingerprint density at radius 2 is 1.61 bits per heavy atom. The molecule has 2 heterocycles. The van der Waals surface area contributed by atoms with Gasteiger partial charge in [-0.2, -0.15) is 4.98 Å². The van der Waals surface area contributed by atoms with E-state index >= 15 is 0 Å². The third-order valence-corrected chi connectivity index (χ3v) is 7.59. The van der Waals surface area contributed by atoms with Crippen LogP contribution in [0, 0.1) is 0 Å². The van der Waals surface area contributed by atoms with Gasteiger partial charge in [-0.15, -0.1) is 0 Å². The van der Waals surface area contributed by atoms with Gasteiger partial charge in [0.2, 0.25) is 26.6 Å². The number of piperidine rings is 1. The van der Waals surface area contributed by atoms with Gasteiger partial charge >= 0.3 is 0 Å². The fourth-order valence-electron chi connectivity index (χ4n) is 4.00. The number of ether oxygens (including phenoxy) is 1. The quantitative estimate of drug-likeness (QED) is 0.451. The van der Waals surface area contributed by atoms with E-state index in [1.807, 2.05) is 36.1 Å². The van der Waals surface area contributed by atoms with E-state index < -0.39 is 9.84 Å². The van der Waals surface area contributed by atoms with E-state index in [-0.39, 0.29) is 15.3 Å². The van der Waals surface area contributed by atoms with Crippen molar-refractivity contribution in [2.45, 2.75) is 62.3 Å². The highest BCUT2D eigenvalue weighted by molar-refractivity contribution is 7.91. The number of hydrogen-bond donors (Lipinski definition) is 0. The first kappa shape index (κ1) is 23.4. The van der Waals surface area contributed by atoms with Crippen LogP contribution in [0.1, 0.15) is 52.5 Å². The van der Waals surface area contributed by atoms with Crippen LogP contribution in [0.2, 0.25) is 0 Å². The summed E-state index contributed by atoms with van der Waals surface area (Å²) in [5, 5.41) is -0.0246. The Bertz CT molecular complexity index is 1180. The van der Waals surface area contributed by atoms with Gasteiger partial charge in [0, 0.05) is 18.7 Å². The Morgan fingerprint density at radius 3 is 2.18 bits per heavy atom. The van der Waals surface area contributed by atoms with Crippen LogP contribution < -0.4 is 9.64 Å². The standard InChI is InChI=1S/C26H32N2O4S/c1-5-31-21-13-15-22(16-14-21)33(29,30)24-25(28-17-7-6-8-18-28)32-23(27-24)19-9-11-20(12-10-19)26(2,3)4/h9-16H,5-8,17-18H2,1-4H3. The third kappa shape index (κ3) is 4.93. The van der Waals surface area contributed by atoms with Gasteiger partial charge in [0.1, 0.15) is 5.75 Å². The van der Waals surface area contributed by atoms with Crippen LogP contribution in [0.15, 0.2) is 62.9 Å². The molecule has 0 spiro atoms. The van der Waals surface area contributed by atoms with Gasteiger partial charge < -0.3 is 14.1 Å². The average Bonchev–Trinajstić information content (AvgIpc) is 3.26. The van der Waals surface area contributed by atoms with Gasteiger partial charge in [0.25, 0.3) is 0 Å². The molecule has 7 heteroatoms. The summed E-state index contributed by atoms with van der Waals surface area (Å²) in [5.41, 5.74) is 1.97. The summed E-state index contributed by atoms with van der Waals surface area (Å²) in [7, 11) is -3.87. The molecule has 0 N–H and O–H groups in total. The number of oxazole rings is 1. The Labute approximate surface area is 196 Å². The van der Waals surface area contributed by atoms with E-state index in [0.29, 0.717) is 24.1 Å². The van der Waals surface area contributed by atoms with E-state index in [4.69, 9.17) is 9.15 Å². The summed E-state index contributed by atoms with van der Waals surface area (Å²) < 4.78 is 38.8. The van der Waals surface area contributed by atoms with Gasteiger partial charge in [0.15, 0.2) is 0 Å². The molecule has 0 unspecified atom stereocenters. The first-order valence-corrected chi connectivity index (χ1v) is 13.0. The normalized spacial score (nSPS) is 15.0. The highest BCUT2D eigenvalue weighted by Gasteiger charge is 2.32. The van der Waals surface area contributed by atoms with Crippen LogP contribution in [0.4, 0.5) is 5.88 Å². The van der Waals surface area contributed by atoms with Gasteiger partial charge in [-0.1, -0.05) is 32.9 Å². The maximum atomic E-state index is 13.6. The number of nitrogens with zero attached hydrogens (tertiary/aromatic N) is 2. The van der Waals surface area contributed by atoms with E-state index in [0.717, 1.165) is 37.9 Å². The molecule has 1 aliphatic rings. The molecule has 1 aliphatic heterocycles. The van der Waals surface area contributed by atoms with Crippen LogP contribution in [0.25, 0.3) is 11.5 Å². The van der Waals surface area contributed by atoms with Gasteiger partial charge in [-0.25, -0.2) is 8.42 Å². The van der Waals surface area contributed by atoms with E-state index in [9.17, 15) is 8.42 Å². The van der Waals surface area contributed by atoms with Crippen molar-refractivity contribution in [2.24, 2.45) is 0 Å². The summed E-state index contributed by atoms with van der Waals surface area (Å²) in [6, 6.07) is 14.4. The largest absolute Gasteiger partial charge is 0.494 e. The second-order valence-corrected chi connectivity index (χ2v) is 11.3. The molecule has 1 fully saturated rings. The van der Waals surface area contributed by atoms with Crippen molar-refractivity contribution in [1.82, 2.24) is 4.98 Å². The first-order valence-electron chi connectivity index (χ1n) is 11.5. The molecule has 0 saturated carbocycles. The Hall–Kier alpha value is -2.80. The summed E-state index contributed by atoms with van der Waals surface area (Å²) in [6.45, 7) is 10.4. The third-order valence-electron chi connectivity index (χ3n) is 5.92. The second-order valence-electron chi connectivity index (χ2n) is 9.41. The van der Waals surface area contributed by atoms with Crippen molar-refractivity contribution in [3.8, 4) is 17.2 Å². The fourth-order valence-corrected chi connectivity index (χ4v) is 5.32. The minimum atomic E-state index is -3.87. The van der Waals surface area contributed by atoms with E-state index in [1.54, 1.807) is 24.3 Å². The van der Waals surface area contributed by atoms with Crippen molar-refractivity contribution in [3.05, 3.63) is 54.1 Å². The maximum absolute atomic E-state index is 13.6. The topological polar surface area (TPSA) is 72.6 Å². The molecular formula is C26H32N2O4S. The van der Waals surface area contributed by atoms with Crippen molar-refractivity contribution in [3.63, 3.8) is 0 Å². The molecule has 0 bridgehead atoms. The number of benzene rings is 2. The molecule has 2 aromatic carbocycles. The molecular weight excluding hydrogens is 436 g/mol. The molecule has 3 aromatic rings. The highest BCUT2D eigenvalue weighted by atomic mass is 32.2. The minimum absolute atomic E-state index is 0.0240. The predicted octanol–water partition coefficient (Wildman–Crippen LogP) is 5.86. The zero-order chi connectivity index (χ0) is 23.6. The van der Waals surface area contributed by atoms with E-state index in [2.05, 4.69) is 25.8 Å². The van der Waals surface area contributed by atoms with Crippen LogP contribution in [-0.2, 0) is 15.3 Å². The molecule has 176 valence electrons. The molecule has 33 heavy (non-hydrogen) atoms. The lowest BCUT2D eigenvalue weighted by Gasteiger charge is -2.26. The number of aromatic nitrogens is 1. The number of anilines is 1. The Morgan fingerprint density at radius 1 is 0.970 bits per heavy atom. The lowest BCUT2D eigenvalue weighted by Crippen LogP contribution is -2.30. The summed E-state index contributed by atoms with van der Waals surface area (Å²) in [6.07, 6.45) is 3.13. The molecule has 1 saturated heterocycles. The van der Waals surface area contributed by atoms with Gasteiger partial charge in [-0.3, -0.25) is 0 Å². The Balaban J connectivity index is 1.76. The van der Waals surface area contributed by atoms with Crippen molar-refractivity contribution in [2.75, 3.05) is 24.6 Å². The zero-order valence-electron chi connectivity index (χ0n) is 19.8. The summed E-state index contributed by atoms with van der Waals surface area (Å²) in [4.78, 5) is 6.70. The number of rotatable bonds is 6. The lowest BCUT2D eigenvalue weighted by atomic mass is 9.87. The minimum Gasteiger partial charge on any atom is -0.494 e. The van der Waals surface area contributed by atoms with Gasteiger partial charge in [0.05, 0.1) is 11.5 Å². The van der Waals surface area contributed by atoms with Crippen LogP contribution in [-0.4, -0.2) is 33.1 Å². The molecule has 6 nitrogen and oxygen atoms in total. The smallest absolute Gasteiger partial charge is 0.236 e. The lowest BCUT2D eigenvalue weighted by molar-refractivity contribution is 0.340. The summed E-state index contributed by atoms with van der Waals surface area (Å²) >= 11 is 0. The number of hydrogen-bond acceptors (Lipinski definition) is 6. The summed E-state index contributed by atoms with van der Waals surface area (Å²) in [5.74, 6) is 1.28. The van der Waals surface area contributed by atoms with Crippen LogP contribution in [0.3, 0.4) is 0 Å². The molecule has 0 amide bonds. The van der Waals surface area contributed by atoms with Gasteiger partial charge in [-0.05, 0) is 73.6 Å². The molecule has 1 aromatic heterocycles. The first-order chi connectivity index (χ1) is 15.7. The van der Waals surface area contributed by atoms with Crippen LogP contribution in [0.5, 0.6) is 5.75 Å². The molecule has 4 rings (SSSR count). The zero-order valence-corrected chi connectivity index (χ0v) is 20.6. The molecule has 0 atom stereocenters. The molecule has 0 aliphatic carbocycles. The van der Waals surface area contributed by atoms with Crippen molar-refractivity contribution in [1.29, 1.82) is 0 Å². The maximum Gasteiger partial charge on any atom is 0.236 e. The molecule has 0 radical (unpaired) electrons. The van der Waals surface area contributed by atoms with Crippen molar-refractivity contribution >= 4 is 15.7 Å². The van der Waals surface area contributed by atoms with Crippen molar-refractivity contribution < 1.29 is 17.6 Å². The predicted molar refractivity (Wildman–Crippen MR) is 130 cm³/mol. The van der Waals surface area contributed by atoms with E-state index in [1.165, 1.54) is 5.56 Å². The highest BCUT2D eigenvalue weighted by Crippen LogP contribution is 2.36. The Kier molecular flexibility index (Phi) is 6.52. The fraction of sp³-hybridized carbons (Fsp3) is 0.423. The second kappa shape index (κ2) is 9.21. The average molecular weight is 469 g/mol.